The third-order valence-corrected chi connectivity index (χ3v) is 2.80. The molecule has 0 aliphatic rings. The molecule has 0 unspecified atom stereocenters. The number of aryl methyl sites for hydroxylation is 1. The molecule has 0 aliphatic heterocycles. The molecular weight excluding hydrogens is 240 g/mol. The predicted octanol–water partition coefficient (Wildman–Crippen LogP) is 1.82. The van der Waals surface area contributed by atoms with Crippen LogP contribution in [0.2, 0.25) is 0 Å². The Hall–Kier alpha value is -2.17. The molecule has 0 fully saturated rings. The highest BCUT2D eigenvalue weighted by molar-refractivity contribution is 5.30. The van der Waals surface area contributed by atoms with E-state index in [-0.39, 0.29) is 5.56 Å². The summed E-state index contributed by atoms with van der Waals surface area (Å²) in [6.07, 6.45) is 6.21. The number of anilines is 1. The van der Waals surface area contributed by atoms with Crippen molar-refractivity contribution in [2.75, 3.05) is 11.9 Å². The topological polar surface area (TPSA) is 59.8 Å². The molecular formula is C14H18N4O. The Morgan fingerprint density at radius 1 is 1.32 bits per heavy atom. The molecule has 2 aromatic rings. The van der Waals surface area contributed by atoms with Gasteiger partial charge in [-0.15, -0.1) is 0 Å². The van der Waals surface area contributed by atoms with E-state index in [0.29, 0.717) is 6.54 Å². The van der Waals surface area contributed by atoms with Crippen molar-refractivity contribution in [3.8, 4) is 0 Å². The summed E-state index contributed by atoms with van der Waals surface area (Å²) in [5.74, 6) is 0.766. The lowest BCUT2D eigenvalue weighted by Gasteiger charge is -2.07. The maximum absolute atomic E-state index is 11.9. The Bertz CT molecular complexity index is 589. The normalized spacial score (nSPS) is 10.4. The average Bonchev–Trinajstić information content (AvgIpc) is 2.43. The lowest BCUT2D eigenvalue weighted by molar-refractivity contribution is 0.729. The molecule has 2 heterocycles. The van der Waals surface area contributed by atoms with Crippen LogP contribution in [0.15, 0.2) is 35.5 Å². The minimum absolute atomic E-state index is 0.0116. The maximum Gasteiger partial charge on any atom is 0.253 e. The maximum atomic E-state index is 11.9. The van der Waals surface area contributed by atoms with Gasteiger partial charge in [0, 0.05) is 18.3 Å². The minimum Gasteiger partial charge on any atom is -0.369 e. The Labute approximate surface area is 112 Å². The van der Waals surface area contributed by atoms with Gasteiger partial charge in [-0.3, -0.25) is 9.78 Å². The first kappa shape index (κ1) is 13.3. The highest BCUT2D eigenvalue weighted by Crippen LogP contribution is 2.02. The summed E-state index contributed by atoms with van der Waals surface area (Å²) < 4.78 is 1.64. The third-order valence-electron chi connectivity index (χ3n) is 2.80. The molecule has 0 amide bonds. The van der Waals surface area contributed by atoms with Crippen LogP contribution in [0.25, 0.3) is 0 Å². The van der Waals surface area contributed by atoms with Gasteiger partial charge in [0.25, 0.3) is 5.56 Å². The van der Waals surface area contributed by atoms with Crippen molar-refractivity contribution in [1.29, 1.82) is 0 Å². The quantitative estimate of drug-likeness (QED) is 0.888. The summed E-state index contributed by atoms with van der Waals surface area (Å²) in [6.45, 7) is 5.23. The molecule has 5 heteroatoms. The number of nitrogens with zero attached hydrogens (tertiary/aromatic N) is 3. The zero-order chi connectivity index (χ0) is 13.7. The number of hydrogen-bond acceptors (Lipinski definition) is 4. The molecule has 0 aromatic carbocycles. The van der Waals surface area contributed by atoms with Crippen molar-refractivity contribution in [3.05, 3.63) is 52.3 Å². The van der Waals surface area contributed by atoms with Gasteiger partial charge in [0.05, 0.1) is 24.6 Å². The monoisotopic (exact) mass is 258 g/mol. The van der Waals surface area contributed by atoms with Crippen LogP contribution in [0.1, 0.15) is 24.6 Å². The highest BCUT2D eigenvalue weighted by Gasteiger charge is 2.02. The van der Waals surface area contributed by atoms with Crippen LogP contribution in [-0.4, -0.2) is 21.1 Å². The van der Waals surface area contributed by atoms with E-state index in [9.17, 15) is 4.79 Å². The molecule has 5 nitrogen and oxygen atoms in total. The zero-order valence-electron chi connectivity index (χ0n) is 11.3. The van der Waals surface area contributed by atoms with Crippen molar-refractivity contribution >= 4 is 5.82 Å². The number of pyridine rings is 1. The fourth-order valence-corrected chi connectivity index (χ4v) is 1.74. The fourth-order valence-electron chi connectivity index (χ4n) is 1.74. The van der Waals surface area contributed by atoms with Crippen LogP contribution in [0.3, 0.4) is 0 Å². The van der Waals surface area contributed by atoms with Gasteiger partial charge in [-0.2, -0.15) is 0 Å². The molecule has 0 aliphatic carbocycles. The van der Waals surface area contributed by atoms with Crippen molar-refractivity contribution in [3.63, 3.8) is 0 Å². The summed E-state index contributed by atoms with van der Waals surface area (Å²) in [5, 5.41) is 3.16. The Balaban J connectivity index is 2.11. The first-order chi connectivity index (χ1) is 9.20. The van der Waals surface area contributed by atoms with Gasteiger partial charge in [0.1, 0.15) is 5.82 Å². The molecule has 2 aromatic heterocycles. The van der Waals surface area contributed by atoms with Crippen molar-refractivity contribution in [1.82, 2.24) is 14.5 Å². The van der Waals surface area contributed by atoms with E-state index in [1.165, 1.54) is 0 Å². The summed E-state index contributed by atoms with van der Waals surface area (Å²) >= 11 is 0. The molecule has 100 valence electrons. The average molecular weight is 258 g/mol. The molecule has 1 N–H and O–H groups in total. The van der Waals surface area contributed by atoms with Crippen LogP contribution in [0, 0.1) is 6.92 Å². The van der Waals surface area contributed by atoms with Gasteiger partial charge in [-0.25, -0.2) is 4.98 Å². The molecule has 0 radical (unpaired) electrons. The summed E-state index contributed by atoms with van der Waals surface area (Å²) in [4.78, 5) is 20.5. The van der Waals surface area contributed by atoms with Gasteiger partial charge >= 0.3 is 0 Å². The summed E-state index contributed by atoms with van der Waals surface area (Å²) in [5.41, 5.74) is 1.52. The second-order valence-electron chi connectivity index (χ2n) is 4.44. The van der Waals surface area contributed by atoms with E-state index in [1.54, 1.807) is 23.2 Å². The van der Waals surface area contributed by atoms with Gasteiger partial charge < -0.3 is 9.88 Å². The second kappa shape index (κ2) is 6.13. The standard InChI is InChI=1S/C14H18N4O/c1-3-6-15-13-9-16-12(8-17-13)10-18-7-4-5-11(2)14(18)19/h4-5,7-9H,3,6,10H2,1-2H3,(H,15,17). The fraction of sp³-hybridized carbons (Fsp3) is 0.357. The molecule has 19 heavy (non-hydrogen) atoms. The predicted molar refractivity (Wildman–Crippen MR) is 75.4 cm³/mol. The van der Waals surface area contributed by atoms with Crippen molar-refractivity contribution in [2.45, 2.75) is 26.8 Å². The van der Waals surface area contributed by atoms with E-state index in [0.717, 1.165) is 30.0 Å². The highest BCUT2D eigenvalue weighted by atomic mass is 16.1. The van der Waals surface area contributed by atoms with E-state index in [4.69, 9.17) is 0 Å². The lowest BCUT2D eigenvalue weighted by Crippen LogP contribution is -2.22. The smallest absolute Gasteiger partial charge is 0.253 e. The number of hydrogen-bond donors (Lipinski definition) is 1. The van der Waals surface area contributed by atoms with Crippen LogP contribution in [0.4, 0.5) is 5.82 Å². The Kier molecular flexibility index (Phi) is 4.28. The molecule has 0 saturated heterocycles. The molecule has 0 saturated carbocycles. The van der Waals surface area contributed by atoms with Crippen LogP contribution >= 0.6 is 0 Å². The minimum atomic E-state index is 0.0116. The van der Waals surface area contributed by atoms with Crippen LogP contribution in [-0.2, 0) is 6.54 Å². The second-order valence-corrected chi connectivity index (χ2v) is 4.44. The van der Waals surface area contributed by atoms with E-state index in [1.807, 2.05) is 19.1 Å². The van der Waals surface area contributed by atoms with Gasteiger partial charge in [0.15, 0.2) is 0 Å². The summed E-state index contributed by atoms with van der Waals surface area (Å²) in [7, 11) is 0. The SMILES string of the molecule is CCCNc1cnc(Cn2cccc(C)c2=O)cn1. The van der Waals surface area contributed by atoms with Crippen LogP contribution in [0.5, 0.6) is 0 Å². The van der Waals surface area contributed by atoms with Gasteiger partial charge in [0.2, 0.25) is 0 Å². The van der Waals surface area contributed by atoms with Crippen LogP contribution < -0.4 is 10.9 Å². The number of aromatic nitrogens is 3. The molecule has 0 spiro atoms. The third kappa shape index (κ3) is 3.40. The number of rotatable bonds is 5. The largest absolute Gasteiger partial charge is 0.369 e. The first-order valence-electron chi connectivity index (χ1n) is 6.41. The zero-order valence-corrected chi connectivity index (χ0v) is 11.3. The molecule has 0 atom stereocenters. The van der Waals surface area contributed by atoms with Crippen molar-refractivity contribution < 1.29 is 0 Å². The number of nitrogens with one attached hydrogen (secondary N) is 1. The van der Waals surface area contributed by atoms with Gasteiger partial charge in [-0.1, -0.05) is 13.0 Å². The van der Waals surface area contributed by atoms with E-state index < -0.39 is 0 Å². The first-order valence-corrected chi connectivity index (χ1v) is 6.41. The van der Waals surface area contributed by atoms with Crippen molar-refractivity contribution in [2.24, 2.45) is 0 Å². The Morgan fingerprint density at radius 3 is 2.84 bits per heavy atom. The lowest BCUT2D eigenvalue weighted by atomic mass is 10.3. The summed E-state index contributed by atoms with van der Waals surface area (Å²) in [6, 6.07) is 3.67. The molecule has 2 rings (SSSR count). The Morgan fingerprint density at radius 2 is 2.16 bits per heavy atom. The van der Waals surface area contributed by atoms with E-state index in [2.05, 4.69) is 22.2 Å². The molecule has 0 bridgehead atoms. The van der Waals surface area contributed by atoms with Gasteiger partial charge in [-0.05, 0) is 19.4 Å². The van der Waals surface area contributed by atoms with E-state index >= 15 is 0 Å².